The highest BCUT2D eigenvalue weighted by atomic mass is 16.5. The van der Waals surface area contributed by atoms with Crippen LogP contribution in [0.4, 0.5) is 0 Å². The second-order valence-electron chi connectivity index (χ2n) is 15.0. The number of aliphatic hydroxyl groups excluding tert-OH is 2. The summed E-state index contributed by atoms with van der Waals surface area (Å²) >= 11 is 0. The number of carbonyl (C=O) groups excluding carboxylic acids is 2. The van der Waals surface area contributed by atoms with Crippen molar-refractivity contribution in [3.8, 4) is 5.75 Å². The molecular weight excluding hydrogens is 556 g/mol. The summed E-state index contributed by atoms with van der Waals surface area (Å²) in [5, 5.41) is 22.6. The number of methoxy groups -OCH3 is 1. The summed E-state index contributed by atoms with van der Waals surface area (Å²) in [6.07, 6.45) is 2.20. The number of likely N-dealkylation sites (tertiary alicyclic amines) is 1. The summed E-state index contributed by atoms with van der Waals surface area (Å²) in [6.45, 7) is 10.7. The maximum absolute atomic E-state index is 13.7. The van der Waals surface area contributed by atoms with Crippen molar-refractivity contribution in [3.63, 3.8) is 0 Å². The molecule has 44 heavy (non-hydrogen) atoms. The number of carbonyl (C=O) groups is 2. The lowest BCUT2D eigenvalue weighted by Crippen LogP contribution is -2.46. The number of pyridine rings is 1. The van der Waals surface area contributed by atoms with Crippen LogP contribution in [0.1, 0.15) is 88.5 Å². The molecule has 0 unspecified atom stereocenters. The first kappa shape index (κ1) is 30.4. The fourth-order valence-corrected chi connectivity index (χ4v) is 8.20. The number of rotatable bonds is 6. The number of ketones is 2. The van der Waals surface area contributed by atoms with E-state index in [0.717, 1.165) is 30.8 Å². The standard InChI is InChI=1S/C36H44N2O6/c1-35(2)13-26(39)33(27(40)14-35)32(34-28(41)15-36(3,4)16-29(34)42)22-9-10-30(44-5)24(12-22)20-37-17-21-11-23(19-37)25-7-6-8-31(43)38(25)18-21/h6-10,12,21,23,32,39,41H,11,13-20H2,1-5H3/t21-,23-/m0/s1. The number of Topliss-reactive ketones (excluding diaryl/α,β-unsaturated/α-hetero) is 2. The number of piperidine rings is 1. The number of hydrogen-bond donors (Lipinski definition) is 2. The first-order valence-electron chi connectivity index (χ1n) is 15.7. The van der Waals surface area contributed by atoms with E-state index in [1.807, 2.05) is 56.5 Å². The highest BCUT2D eigenvalue weighted by molar-refractivity contribution is 6.05. The molecule has 2 bridgehead atoms. The minimum atomic E-state index is -0.869. The molecule has 2 aliphatic carbocycles. The minimum Gasteiger partial charge on any atom is -0.512 e. The maximum atomic E-state index is 13.7. The van der Waals surface area contributed by atoms with Crippen LogP contribution in [-0.2, 0) is 22.7 Å². The quantitative estimate of drug-likeness (QED) is 0.421. The van der Waals surface area contributed by atoms with Crippen LogP contribution in [-0.4, -0.2) is 51.4 Å². The van der Waals surface area contributed by atoms with Gasteiger partial charge in [-0.2, -0.15) is 0 Å². The van der Waals surface area contributed by atoms with Crippen molar-refractivity contribution in [1.29, 1.82) is 0 Å². The third kappa shape index (κ3) is 5.65. The van der Waals surface area contributed by atoms with Gasteiger partial charge in [-0.3, -0.25) is 19.3 Å². The van der Waals surface area contributed by atoms with Gasteiger partial charge in [0, 0.05) is 92.2 Å². The zero-order valence-electron chi connectivity index (χ0n) is 26.5. The average Bonchev–Trinajstić information content (AvgIpc) is 2.91. The molecule has 8 heteroatoms. The van der Waals surface area contributed by atoms with Crippen molar-refractivity contribution in [2.24, 2.45) is 16.7 Å². The number of aliphatic hydroxyl groups is 2. The Balaban J connectivity index is 1.40. The van der Waals surface area contributed by atoms with Gasteiger partial charge in [0.25, 0.3) is 5.56 Å². The van der Waals surface area contributed by atoms with E-state index in [4.69, 9.17) is 4.74 Å². The summed E-state index contributed by atoms with van der Waals surface area (Å²) in [5.41, 5.74) is 2.36. The van der Waals surface area contributed by atoms with Crippen molar-refractivity contribution in [2.45, 2.75) is 84.7 Å². The molecule has 3 heterocycles. The molecule has 1 saturated heterocycles. The molecule has 0 radical (unpaired) electrons. The molecule has 8 nitrogen and oxygen atoms in total. The number of hydrogen-bond acceptors (Lipinski definition) is 7. The molecule has 234 valence electrons. The zero-order valence-corrected chi connectivity index (χ0v) is 26.5. The van der Waals surface area contributed by atoms with Gasteiger partial charge in [0.1, 0.15) is 17.3 Å². The number of ether oxygens (including phenoxy) is 1. The van der Waals surface area contributed by atoms with Crippen LogP contribution in [0.25, 0.3) is 0 Å². The normalized spacial score (nSPS) is 25.0. The van der Waals surface area contributed by atoms with Crippen LogP contribution in [0.15, 0.2) is 63.9 Å². The molecule has 1 aromatic carbocycles. The smallest absolute Gasteiger partial charge is 0.250 e. The third-order valence-corrected chi connectivity index (χ3v) is 9.96. The van der Waals surface area contributed by atoms with Crippen LogP contribution in [0.5, 0.6) is 5.75 Å². The Hall–Kier alpha value is -3.65. The number of fused-ring (bicyclic) bond motifs is 4. The average molecular weight is 601 g/mol. The maximum Gasteiger partial charge on any atom is 0.250 e. The van der Waals surface area contributed by atoms with Gasteiger partial charge in [-0.15, -0.1) is 0 Å². The molecule has 1 aromatic heterocycles. The molecule has 2 aromatic rings. The van der Waals surface area contributed by atoms with Gasteiger partial charge in [0.15, 0.2) is 11.6 Å². The predicted molar refractivity (Wildman–Crippen MR) is 168 cm³/mol. The highest BCUT2D eigenvalue weighted by Gasteiger charge is 2.44. The van der Waals surface area contributed by atoms with Gasteiger partial charge in [-0.25, -0.2) is 0 Å². The summed E-state index contributed by atoms with van der Waals surface area (Å²) in [7, 11) is 1.63. The Morgan fingerprint density at radius 3 is 2.09 bits per heavy atom. The fraction of sp³-hybridized carbons (Fsp3) is 0.528. The van der Waals surface area contributed by atoms with E-state index in [1.165, 1.54) is 0 Å². The zero-order chi connectivity index (χ0) is 31.6. The molecule has 0 spiro atoms. The summed E-state index contributed by atoms with van der Waals surface area (Å²) < 4.78 is 7.71. The van der Waals surface area contributed by atoms with Crippen LogP contribution in [0.2, 0.25) is 0 Å². The molecule has 2 N–H and O–H groups in total. The first-order chi connectivity index (χ1) is 20.7. The Labute approximate surface area is 259 Å². The van der Waals surface area contributed by atoms with Crippen molar-refractivity contribution in [2.75, 3.05) is 20.2 Å². The van der Waals surface area contributed by atoms with Gasteiger partial charge in [-0.1, -0.05) is 39.8 Å². The van der Waals surface area contributed by atoms with Gasteiger partial charge in [0.05, 0.1) is 7.11 Å². The van der Waals surface area contributed by atoms with Crippen molar-refractivity contribution in [3.05, 3.63) is 86.2 Å². The highest BCUT2D eigenvalue weighted by Crippen LogP contribution is 2.48. The molecule has 0 saturated carbocycles. The van der Waals surface area contributed by atoms with Crippen molar-refractivity contribution < 1.29 is 24.5 Å². The lowest BCUT2D eigenvalue weighted by atomic mass is 9.67. The van der Waals surface area contributed by atoms with Gasteiger partial charge in [0.2, 0.25) is 0 Å². The van der Waals surface area contributed by atoms with Gasteiger partial charge >= 0.3 is 0 Å². The van der Waals surface area contributed by atoms with Crippen LogP contribution >= 0.6 is 0 Å². The molecule has 0 amide bonds. The van der Waals surface area contributed by atoms with Gasteiger partial charge < -0.3 is 19.5 Å². The second kappa shape index (κ2) is 11.1. The van der Waals surface area contributed by atoms with Crippen molar-refractivity contribution in [1.82, 2.24) is 9.47 Å². The lowest BCUT2D eigenvalue weighted by molar-refractivity contribution is -0.119. The molecule has 4 aliphatic rings. The minimum absolute atomic E-state index is 0.00989. The van der Waals surface area contributed by atoms with E-state index >= 15 is 0 Å². The van der Waals surface area contributed by atoms with E-state index in [9.17, 15) is 24.6 Å². The topological polar surface area (TPSA) is 109 Å². The van der Waals surface area contributed by atoms with Crippen LogP contribution in [0.3, 0.4) is 0 Å². The molecule has 2 atom stereocenters. The number of aromatic nitrogens is 1. The number of allylic oxidation sites excluding steroid dienone is 4. The third-order valence-electron chi connectivity index (χ3n) is 9.96. The molecule has 6 rings (SSSR count). The Morgan fingerprint density at radius 2 is 1.50 bits per heavy atom. The van der Waals surface area contributed by atoms with E-state index < -0.39 is 16.7 Å². The summed E-state index contributed by atoms with van der Waals surface area (Å²) in [5.74, 6) is 0.0324. The second-order valence-corrected chi connectivity index (χ2v) is 15.0. The summed E-state index contributed by atoms with van der Waals surface area (Å²) in [6, 6.07) is 11.2. The van der Waals surface area contributed by atoms with E-state index in [0.29, 0.717) is 43.2 Å². The monoisotopic (exact) mass is 600 g/mol. The molecule has 2 aliphatic heterocycles. The molecular formula is C36H44N2O6. The molecule has 1 fully saturated rings. The first-order valence-corrected chi connectivity index (χ1v) is 15.7. The number of benzene rings is 1. The summed E-state index contributed by atoms with van der Waals surface area (Å²) in [4.78, 5) is 42.3. The Kier molecular flexibility index (Phi) is 7.63. The fourth-order valence-electron chi connectivity index (χ4n) is 8.20. The van der Waals surface area contributed by atoms with E-state index in [2.05, 4.69) is 11.0 Å². The largest absolute Gasteiger partial charge is 0.512 e. The Morgan fingerprint density at radius 1 is 0.864 bits per heavy atom. The SMILES string of the molecule is COc1ccc(C(C2=C(O)CC(C)(C)CC2=O)C2=C(O)CC(C)(C)CC2=O)cc1CN1C[C@@H]2C[C@@H](C1)c1cccc(=O)n1C2. The predicted octanol–water partition coefficient (Wildman–Crippen LogP) is 5.96. The van der Waals surface area contributed by atoms with Crippen LogP contribution < -0.4 is 10.3 Å². The lowest BCUT2D eigenvalue weighted by Gasteiger charge is -2.43. The number of nitrogens with zero attached hydrogens (tertiary/aromatic N) is 2. The van der Waals surface area contributed by atoms with Gasteiger partial charge in [-0.05, 0) is 46.9 Å². The van der Waals surface area contributed by atoms with Crippen molar-refractivity contribution >= 4 is 11.6 Å². The Bertz CT molecular complexity index is 1590. The van der Waals surface area contributed by atoms with Crippen LogP contribution in [0, 0.1) is 16.7 Å². The van der Waals surface area contributed by atoms with E-state index in [1.54, 1.807) is 13.2 Å². The van der Waals surface area contributed by atoms with E-state index in [-0.39, 0.29) is 58.5 Å².